The predicted octanol–water partition coefficient (Wildman–Crippen LogP) is 5.09. The van der Waals surface area contributed by atoms with Crippen molar-refractivity contribution in [2.24, 2.45) is 13.0 Å². The molecule has 0 N–H and O–H groups in total. The maximum atomic E-state index is 14.5. The van der Waals surface area contributed by atoms with Crippen LogP contribution in [-0.2, 0) is 16.6 Å². The number of carbonyl (C=O) groups is 1. The van der Waals surface area contributed by atoms with E-state index in [1.807, 2.05) is 13.8 Å². The second-order valence-corrected chi connectivity index (χ2v) is 8.49. The fourth-order valence-corrected chi connectivity index (χ4v) is 4.27. The molecule has 1 heterocycles. The number of hydrogen-bond donors (Lipinski definition) is 0. The minimum atomic E-state index is -0.486. The number of carbonyl (C=O) groups excluding carboxylic acids is 1. The number of aromatic nitrogens is 2. The van der Waals surface area contributed by atoms with Crippen molar-refractivity contribution < 1.29 is 23.4 Å². The molecule has 1 aliphatic rings. The molecule has 2 aromatic rings. The summed E-state index contributed by atoms with van der Waals surface area (Å²) >= 11 is 6.42. The summed E-state index contributed by atoms with van der Waals surface area (Å²) in [5.41, 5.74) is 0.643. The van der Waals surface area contributed by atoms with Gasteiger partial charge >= 0.3 is 0 Å². The average molecular weight is 441 g/mol. The highest BCUT2D eigenvalue weighted by atomic mass is 35.5. The molecule has 1 aromatic heterocycles. The van der Waals surface area contributed by atoms with Crippen molar-refractivity contribution >= 4 is 28.4 Å². The molecular weight excluding hydrogens is 411 g/mol. The molecule has 0 aliphatic heterocycles. The standard InChI is InChI=1S/C22H30ClFN2O4/c1-5-28-18-11-17(24)20-21(19(18)23)26(4)22(25-20)30-16-8-6-15(7-9-16)29-12-13(2)10-14(3)27/h11,13,15-16H,5-10,12H2,1-4H3/t13-,15?,16?/m1/s1. The average Bonchev–Trinajstić information content (AvgIpc) is 3.02. The van der Waals surface area contributed by atoms with Gasteiger partial charge in [0.15, 0.2) is 5.82 Å². The number of fused-ring (bicyclic) bond motifs is 1. The Kier molecular flexibility index (Phi) is 7.58. The first-order chi connectivity index (χ1) is 14.3. The molecule has 6 nitrogen and oxygen atoms in total. The summed E-state index contributed by atoms with van der Waals surface area (Å²) in [5, 5.41) is 0.329. The van der Waals surface area contributed by atoms with E-state index in [9.17, 15) is 9.18 Å². The lowest BCUT2D eigenvalue weighted by Gasteiger charge is -2.29. The Balaban J connectivity index is 1.61. The lowest BCUT2D eigenvalue weighted by atomic mass is 9.95. The van der Waals surface area contributed by atoms with Gasteiger partial charge in [-0.1, -0.05) is 18.5 Å². The summed E-state index contributed by atoms with van der Waals surface area (Å²) in [6.07, 6.45) is 4.14. The summed E-state index contributed by atoms with van der Waals surface area (Å²) < 4.78 is 33.7. The van der Waals surface area contributed by atoms with Crippen molar-refractivity contribution in [3.05, 3.63) is 16.9 Å². The zero-order chi connectivity index (χ0) is 21.8. The van der Waals surface area contributed by atoms with E-state index in [-0.39, 0.29) is 29.4 Å². The van der Waals surface area contributed by atoms with Crippen molar-refractivity contribution in [3.63, 3.8) is 0 Å². The van der Waals surface area contributed by atoms with Crippen LogP contribution in [0, 0.1) is 11.7 Å². The fourth-order valence-electron chi connectivity index (χ4n) is 3.94. The second kappa shape index (κ2) is 9.96. The van der Waals surface area contributed by atoms with Crippen molar-refractivity contribution in [1.29, 1.82) is 0 Å². The van der Waals surface area contributed by atoms with Crippen molar-refractivity contribution in [2.75, 3.05) is 13.2 Å². The van der Waals surface area contributed by atoms with Crippen LogP contribution in [0.3, 0.4) is 0 Å². The van der Waals surface area contributed by atoms with Gasteiger partial charge < -0.3 is 19.0 Å². The Labute approximate surface area is 181 Å². The van der Waals surface area contributed by atoms with Crippen LogP contribution in [0.15, 0.2) is 6.07 Å². The van der Waals surface area contributed by atoms with Crippen LogP contribution in [0.4, 0.5) is 4.39 Å². The molecule has 8 heteroatoms. The largest absolute Gasteiger partial charge is 0.492 e. The van der Waals surface area contributed by atoms with Crippen LogP contribution in [-0.4, -0.2) is 40.8 Å². The van der Waals surface area contributed by atoms with Crippen LogP contribution >= 0.6 is 11.6 Å². The van der Waals surface area contributed by atoms with Crippen LogP contribution < -0.4 is 9.47 Å². The highest BCUT2D eigenvalue weighted by Gasteiger charge is 2.26. The third-order valence-corrected chi connectivity index (χ3v) is 5.77. The normalized spacial score (nSPS) is 20.3. The van der Waals surface area contributed by atoms with E-state index in [2.05, 4.69) is 4.98 Å². The Morgan fingerprint density at radius 1 is 1.33 bits per heavy atom. The SMILES string of the molecule is CCOc1cc(F)c2nc(OC3CCC(OC[C@H](C)CC(C)=O)CC3)n(C)c2c1Cl. The van der Waals surface area contributed by atoms with Gasteiger partial charge in [-0.05, 0) is 45.4 Å². The molecule has 0 amide bonds. The molecule has 0 spiro atoms. The van der Waals surface area contributed by atoms with Crippen LogP contribution in [0.1, 0.15) is 52.9 Å². The quantitative estimate of drug-likeness (QED) is 0.543. The number of imidazole rings is 1. The van der Waals surface area contributed by atoms with E-state index in [4.69, 9.17) is 25.8 Å². The summed E-state index contributed by atoms with van der Waals surface area (Å²) in [5.74, 6) is 0.240. The third kappa shape index (κ3) is 5.24. The number of aryl methyl sites for hydroxylation is 1. The highest BCUT2D eigenvalue weighted by molar-refractivity contribution is 6.36. The third-order valence-electron chi connectivity index (χ3n) is 5.41. The lowest BCUT2D eigenvalue weighted by Crippen LogP contribution is -2.30. The molecule has 1 aromatic carbocycles. The van der Waals surface area contributed by atoms with Gasteiger partial charge in [0, 0.05) is 26.1 Å². The molecule has 0 unspecified atom stereocenters. The zero-order valence-corrected chi connectivity index (χ0v) is 18.8. The van der Waals surface area contributed by atoms with Crippen molar-refractivity contribution in [1.82, 2.24) is 9.55 Å². The number of halogens is 2. The number of nitrogens with zero attached hydrogens (tertiary/aromatic N) is 2. The van der Waals surface area contributed by atoms with E-state index in [1.165, 1.54) is 6.07 Å². The highest BCUT2D eigenvalue weighted by Crippen LogP contribution is 2.37. The minimum Gasteiger partial charge on any atom is -0.492 e. The Hall–Kier alpha value is -1.86. The van der Waals surface area contributed by atoms with Crippen molar-refractivity contribution in [2.45, 2.75) is 65.1 Å². The first-order valence-electron chi connectivity index (χ1n) is 10.5. The van der Waals surface area contributed by atoms with Crippen LogP contribution in [0.25, 0.3) is 11.0 Å². The Bertz CT molecular complexity index is 893. The molecule has 1 atom stereocenters. The fraction of sp³-hybridized carbons (Fsp3) is 0.636. The number of Topliss-reactive ketones (excluding diaryl/α,β-unsaturated/α-hetero) is 1. The van der Waals surface area contributed by atoms with Gasteiger partial charge in [-0.15, -0.1) is 0 Å². The second-order valence-electron chi connectivity index (χ2n) is 8.12. The molecule has 1 saturated carbocycles. The van der Waals surface area contributed by atoms with Crippen LogP contribution in [0.2, 0.25) is 5.02 Å². The molecular formula is C22H30ClFN2O4. The van der Waals surface area contributed by atoms with E-state index in [1.54, 1.807) is 18.5 Å². The van der Waals surface area contributed by atoms with Gasteiger partial charge in [-0.25, -0.2) is 4.39 Å². The van der Waals surface area contributed by atoms with Gasteiger partial charge in [-0.3, -0.25) is 4.57 Å². The summed E-state index contributed by atoms with van der Waals surface area (Å²) in [7, 11) is 1.76. The smallest absolute Gasteiger partial charge is 0.297 e. The van der Waals surface area contributed by atoms with Gasteiger partial charge in [0.25, 0.3) is 6.01 Å². The molecule has 30 heavy (non-hydrogen) atoms. The summed E-state index contributed by atoms with van der Waals surface area (Å²) in [6, 6.07) is 1.61. The van der Waals surface area contributed by atoms with Gasteiger partial charge in [0.05, 0.1) is 18.2 Å². The molecule has 0 bridgehead atoms. The molecule has 1 fully saturated rings. The van der Waals surface area contributed by atoms with Gasteiger partial charge in [0.2, 0.25) is 0 Å². The number of benzene rings is 1. The lowest BCUT2D eigenvalue weighted by molar-refractivity contribution is -0.118. The Morgan fingerprint density at radius 3 is 2.63 bits per heavy atom. The Morgan fingerprint density at radius 2 is 2.00 bits per heavy atom. The van der Waals surface area contributed by atoms with E-state index >= 15 is 0 Å². The molecule has 166 valence electrons. The summed E-state index contributed by atoms with van der Waals surface area (Å²) in [6.45, 7) is 6.45. The number of ether oxygens (including phenoxy) is 3. The van der Waals surface area contributed by atoms with Crippen molar-refractivity contribution in [3.8, 4) is 11.8 Å². The molecule has 0 saturated heterocycles. The zero-order valence-electron chi connectivity index (χ0n) is 18.0. The van der Waals surface area contributed by atoms with E-state index < -0.39 is 5.82 Å². The minimum absolute atomic E-state index is 0.0109. The first kappa shape index (κ1) is 22.8. The monoisotopic (exact) mass is 440 g/mol. The molecule has 3 rings (SSSR count). The maximum Gasteiger partial charge on any atom is 0.297 e. The van der Waals surface area contributed by atoms with E-state index in [0.717, 1.165) is 25.7 Å². The number of rotatable bonds is 9. The first-order valence-corrected chi connectivity index (χ1v) is 10.9. The topological polar surface area (TPSA) is 62.6 Å². The number of ketones is 1. The van der Waals surface area contributed by atoms with E-state index in [0.29, 0.717) is 41.9 Å². The molecule has 0 radical (unpaired) electrons. The van der Waals surface area contributed by atoms with Gasteiger partial charge in [-0.2, -0.15) is 4.98 Å². The maximum absolute atomic E-state index is 14.5. The van der Waals surface area contributed by atoms with Gasteiger partial charge in [0.1, 0.15) is 28.2 Å². The molecule has 1 aliphatic carbocycles. The predicted molar refractivity (Wildman–Crippen MR) is 114 cm³/mol. The number of hydrogen-bond acceptors (Lipinski definition) is 5. The summed E-state index contributed by atoms with van der Waals surface area (Å²) in [4.78, 5) is 15.5. The van der Waals surface area contributed by atoms with Crippen LogP contribution in [0.5, 0.6) is 11.8 Å².